The summed E-state index contributed by atoms with van der Waals surface area (Å²) in [4.78, 5) is 11.3. The van der Waals surface area contributed by atoms with Gasteiger partial charge in [-0.3, -0.25) is 4.90 Å². The van der Waals surface area contributed by atoms with Crippen LogP contribution in [0.15, 0.2) is 54.6 Å². The summed E-state index contributed by atoms with van der Waals surface area (Å²) in [5.41, 5.74) is 8.36. The number of unbranched alkanes of at least 4 members (excludes halogenated alkanes) is 1. The maximum atomic E-state index is 6.06. The van der Waals surface area contributed by atoms with Gasteiger partial charge in [-0.2, -0.15) is 0 Å². The third-order valence-electron chi connectivity index (χ3n) is 5.18. The van der Waals surface area contributed by atoms with Gasteiger partial charge in [0.1, 0.15) is 11.6 Å². The van der Waals surface area contributed by atoms with Gasteiger partial charge in [0.05, 0.1) is 12.1 Å². The van der Waals surface area contributed by atoms with Crippen molar-refractivity contribution >= 4 is 16.7 Å². The zero-order chi connectivity index (χ0) is 21.8. The van der Waals surface area contributed by atoms with E-state index in [1.54, 1.807) is 0 Å². The van der Waals surface area contributed by atoms with Crippen LogP contribution < -0.4 is 11.1 Å². The Balaban J connectivity index is 0.000000469. The first-order valence-electron chi connectivity index (χ1n) is 10.9. The average Bonchev–Trinajstić information content (AvgIpc) is 2.77. The number of nitrogens with one attached hydrogen (secondary N) is 1. The summed E-state index contributed by atoms with van der Waals surface area (Å²) in [7, 11) is 4.09. The summed E-state index contributed by atoms with van der Waals surface area (Å²) in [6.07, 6.45) is 3.70. The van der Waals surface area contributed by atoms with Crippen LogP contribution in [0.3, 0.4) is 0 Å². The van der Waals surface area contributed by atoms with Crippen LogP contribution in [-0.2, 0) is 6.54 Å². The molecule has 0 fully saturated rings. The van der Waals surface area contributed by atoms with Crippen molar-refractivity contribution in [1.29, 1.82) is 0 Å². The summed E-state index contributed by atoms with van der Waals surface area (Å²) in [5.74, 6) is 1.87. The van der Waals surface area contributed by atoms with E-state index in [4.69, 9.17) is 5.73 Å². The number of nitrogen functional groups attached to an aromatic ring is 1. The minimum absolute atomic E-state index is 0.538. The van der Waals surface area contributed by atoms with Gasteiger partial charge >= 0.3 is 0 Å². The highest BCUT2D eigenvalue weighted by Crippen LogP contribution is 2.20. The zero-order valence-corrected chi connectivity index (χ0v) is 18.9. The largest absolute Gasteiger partial charge is 0.383 e. The van der Waals surface area contributed by atoms with E-state index < -0.39 is 0 Å². The number of nitrogens with two attached hydrogens (primary N) is 1. The minimum Gasteiger partial charge on any atom is -0.383 e. The van der Waals surface area contributed by atoms with Gasteiger partial charge in [-0.1, -0.05) is 62.7 Å². The van der Waals surface area contributed by atoms with Crippen LogP contribution in [0.5, 0.6) is 0 Å². The number of benzene rings is 2. The third kappa shape index (κ3) is 7.73. The van der Waals surface area contributed by atoms with Gasteiger partial charge in [0.2, 0.25) is 0 Å². The smallest absolute Gasteiger partial charge is 0.145 e. The lowest BCUT2D eigenvalue weighted by atomic mass is 9.98. The molecule has 1 heterocycles. The molecule has 2 aromatic carbocycles. The van der Waals surface area contributed by atoms with Crippen molar-refractivity contribution in [2.75, 3.05) is 32.9 Å². The first-order chi connectivity index (χ1) is 14.5. The predicted octanol–water partition coefficient (Wildman–Crippen LogP) is 4.84. The fourth-order valence-electron chi connectivity index (χ4n) is 3.26. The Bertz CT molecular complexity index is 862. The Morgan fingerprint density at radius 2 is 1.73 bits per heavy atom. The van der Waals surface area contributed by atoms with Gasteiger partial charge < -0.3 is 11.1 Å². The van der Waals surface area contributed by atoms with Gasteiger partial charge in [-0.15, -0.1) is 0 Å². The molecule has 0 amide bonds. The third-order valence-corrected chi connectivity index (χ3v) is 5.18. The van der Waals surface area contributed by atoms with Gasteiger partial charge in [0.25, 0.3) is 0 Å². The van der Waals surface area contributed by atoms with E-state index in [1.165, 1.54) is 18.4 Å². The number of fused-ring (bicyclic) bond motifs is 1. The summed E-state index contributed by atoms with van der Waals surface area (Å²) in [6.45, 7) is 7.32. The first kappa shape index (κ1) is 23.8. The molecule has 0 saturated heterocycles. The van der Waals surface area contributed by atoms with Gasteiger partial charge in [0, 0.05) is 5.39 Å². The van der Waals surface area contributed by atoms with E-state index in [1.807, 2.05) is 31.3 Å². The molecule has 0 bridgehead atoms. The summed E-state index contributed by atoms with van der Waals surface area (Å²) >= 11 is 0. The molecule has 162 valence electrons. The Morgan fingerprint density at radius 1 is 1.03 bits per heavy atom. The normalized spacial score (nSPS) is 11.9. The fourth-order valence-corrected chi connectivity index (χ4v) is 3.26. The molecule has 0 aliphatic heterocycles. The monoisotopic (exact) mass is 407 g/mol. The number of para-hydroxylation sites is 1. The quantitative estimate of drug-likeness (QED) is 0.497. The predicted molar refractivity (Wildman–Crippen MR) is 129 cm³/mol. The zero-order valence-electron chi connectivity index (χ0n) is 18.9. The van der Waals surface area contributed by atoms with Crippen LogP contribution in [0.2, 0.25) is 0 Å². The topological polar surface area (TPSA) is 67.1 Å². The number of rotatable bonds is 9. The number of hydrogen-bond acceptors (Lipinski definition) is 5. The number of nitrogens with zero attached hydrogens (tertiary/aromatic N) is 3. The molecule has 0 saturated carbocycles. The van der Waals surface area contributed by atoms with Gasteiger partial charge in [-0.25, -0.2) is 9.97 Å². The molecular formula is C25H37N5. The van der Waals surface area contributed by atoms with E-state index in [9.17, 15) is 0 Å². The van der Waals surface area contributed by atoms with Crippen molar-refractivity contribution in [3.05, 3.63) is 66.0 Å². The van der Waals surface area contributed by atoms with E-state index in [-0.39, 0.29) is 0 Å². The van der Waals surface area contributed by atoms with Gasteiger partial charge in [-0.05, 0) is 63.6 Å². The highest BCUT2D eigenvalue weighted by atomic mass is 15.1. The number of anilines is 1. The molecule has 5 nitrogen and oxygen atoms in total. The molecule has 0 aliphatic rings. The molecule has 0 radical (unpaired) electrons. The summed E-state index contributed by atoms with van der Waals surface area (Å²) in [6, 6.07) is 18.5. The Hall–Kier alpha value is -2.50. The number of hydrogen-bond donors (Lipinski definition) is 2. The van der Waals surface area contributed by atoms with Crippen LogP contribution in [0.1, 0.15) is 50.4 Å². The molecule has 30 heavy (non-hydrogen) atoms. The van der Waals surface area contributed by atoms with E-state index in [2.05, 4.69) is 71.4 Å². The SMILES string of the molecule is CC(CCN(C)Cc1nc(N)c2ccccc2n1)c1ccccc1.CCCCNC. The van der Waals surface area contributed by atoms with E-state index in [0.717, 1.165) is 36.2 Å². The van der Waals surface area contributed by atoms with Crippen molar-refractivity contribution in [2.45, 2.75) is 45.6 Å². The second kappa shape index (κ2) is 12.9. The molecule has 1 aromatic heterocycles. The van der Waals surface area contributed by atoms with Crippen LogP contribution in [0.25, 0.3) is 10.9 Å². The lowest BCUT2D eigenvalue weighted by Crippen LogP contribution is -2.22. The fraction of sp³-hybridized carbons (Fsp3) is 0.440. The lowest BCUT2D eigenvalue weighted by molar-refractivity contribution is 0.306. The molecule has 0 aliphatic carbocycles. The highest BCUT2D eigenvalue weighted by Gasteiger charge is 2.10. The Labute approximate surface area is 181 Å². The molecule has 1 unspecified atom stereocenters. The van der Waals surface area contributed by atoms with Crippen LogP contribution in [0.4, 0.5) is 5.82 Å². The van der Waals surface area contributed by atoms with E-state index >= 15 is 0 Å². The summed E-state index contributed by atoms with van der Waals surface area (Å²) in [5, 5.41) is 3.99. The lowest BCUT2D eigenvalue weighted by Gasteiger charge is -2.19. The summed E-state index contributed by atoms with van der Waals surface area (Å²) < 4.78 is 0. The number of aromatic nitrogens is 2. The molecule has 3 N–H and O–H groups in total. The van der Waals surface area contributed by atoms with Crippen molar-refractivity contribution in [3.63, 3.8) is 0 Å². The van der Waals surface area contributed by atoms with Crippen molar-refractivity contribution in [2.24, 2.45) is 0 Å². The molecule has 3 rings (SSSR count). The maximum Gasteiger partial charge on any atom is 0.145 e. The van der Waals surface area contributed by atoms with Crippen molar-refractivity contribution in [3.8, 4) is 0 Å². The molecule has 1 atom stereocenters. The Kier molecular flexibility index (Phi) is 10.3. The molecule has 3 aromatic rings. The van der Waals surface area contributed by atoms with Gasteiger partial charge in [0.15, 0.2) is 0 Å². The highest BCUT2D eigenvalue weighted by molar-refractivity contribution is 5.87. The van der Waals surface area contributed by atoms with E-state index in [0.29, 0.717) is 18.3 Å². The standard InChI is InChI=1S/C20H24N4.C5H13N/c1-15(16-8-4-3-5-9-16)12-13-24(2)14-19-22-18-11-7-6-10-17(18)20(21)23-19;1-3-4-5-6-2/h3-11,15H,12-14H2,1-2H3,(H2,21,22,23);6H,3-5H2,1-2H3. The van der Waals surface area contributed by atoms with Crippen LogP contribution in [-0.4, -0.2) is 42.1 Å². The second-order valence-corrected chi connectivity index (χ2v) is 7.84. The average molecular weight is 408 g/mol. The first-order valence-corrected chi connectivity index (χ1v) is 10.9. The van der Waals surface area contributed by atoms with Crippen LogP contribution in [0, 0.1) is 0 Å². The molecule has 5 heteroatoms. The molecule has 0 spiro atoms. The molecular weight excluding hydrogens is 370 g/mol. The van der Waals surface area contributed by atoms with Crippen molar-refractivity contribution < 1.29 is 0 Å². The van der Waals surface area contributed by atoms with Crippen molar-refractivity contribution in [1.82, 2.24) is 20.2 Å². The Morgan fingerprint density at radius 3 is 2.40 bits per heavy atom. The van der Waals surface area contributed by atoms with Crippen LogP contribution >= 0.6 is 0 Å². The second-order valence-electron chi connectivity index (χ2n) is 7.84. The minimum atomic E-state index is 0.538. The maximum absolute atomic E-state index is 6.06.